The Balaban J connectivity index is 1.54. The maximum Gasteiger partial charge on any atom is 0.254 e. The van der Waals surface area contributed by atoms with E-state index in [9.17, 15) is 9.59 Å². The fourth-order valence-corrected chi connectivity index (χ4v) is 5.30. The largest absolute Gasteiger partial charge is 0.486 e. The van der Waals surface area contributed by atoms with Crippen molar-refractivity contribution in [3.8, 4) is 11.5 Å². The van der Waals surface area contributed by atoms with Gasteiger partial charge in [-0.15, -0.1) is 11.3 Å². The fraction of sp³-hybridized carbons (Fsp3) is 0.280. The van der Waals surface area contributed by atoms with Gasteiger partial charge in [-0.2, -0.15) is 0 Å². The number of amides is 2. The Bertz CT molecular complexity index is 1160. The Morgan fingerprint density at radius 3 is 2.73 bits per heavy atom. The first-order valence-corrected chi connectivity index (χ1v) is 11.7. The van der Waals surface area contributed by atoms with Gasteiger partial charge in [-0.05, 0) is 35.2 Å². The third-order valence-corrected chi connectivity index (χ3v) is 6.84. The van der Waals surface area contributed by atoms with Crippen molar-refractivity contribution in [2.45, 2.75) is 12.0 Å². The first-order chi connectivity index (χ1) is 16.2. The van der Waals surface area contributed by atoms with Crippen LogP contribution in [0.25, 0.3) is 0 Å². The van der Waals surface area contributed by atoms with Crippen molar-refractivity contribution in [3.63, 3.8) is 0 Å². The lowest BCUT2D eigenvalue weighted by atomic mass is 9.81. The molecule has 3 aromatic rings. The van der Waals surface area contributed by atoms with E-state index in [4.69, 9.17) is 14.2 Å². The van der Waals surface area contributed by atoms with E-state index >= 15 is 0 Å². The van der Waals surface area contributed by atoms with Crippen molar-refractivity contribution >= 4 is 28.8 Å². The number of nitrogens with zero attached hydrogens (tertiary/aromatic N) is 1. The Hall–Kier alpha value is -3.36. The number of carbonyl (C=O) groups excluding carboxylic acids is 2. The van der Waals surface area contributed by atoms with E-state index in [1.165, 1.54) is 11.3 Å². The van der Waals surface area contributed by atoms with Gasteiger partial charge in [0.2, 0.25) is 5.91 Å². The molecule has 8 heteroatoms. The molecule has 33 heavy (non-hydrogen) atoms. The molecule has 7 nitrogen and oxygen atoms in total. The first kappa shape index (κ1) is 21.5. The number of hydrogen-bond acceptors (Lipinski definition) is 6. The molecule has 0 saturated carbocycles. The SMILES string of the molecule is COCCN1C(=O)c2ccccc2[C@@H](C(=O)Nc2ccc3c(c2)OCCO3)[C@@H]1c1cccs1. The zero-order valence-corrected chi connectivity index (χ0v) is 19.0. The van der Waals surface area contributed by atoms with Crippen LogP contribution in [0.5, 0.6) is 11.5 Å². The molecule has 0 saturated heterocycles. The molecule has 0 spiro atoms. The van der Waals surface area contributed by atoms with Gasteiger partial charge in [-0.3, -0.25) is 9.59 Å². The summed E-state index contributed by atoms with van der Waals surface area (Å²) < 4.78 is 16.5. The number of methoxy groups -OCH3 is 1. The van der Waals surface area contributed by atoms with Crippen molar-refractivity contribution < 1.29 is 23.8 Å². The summed E-state index contributed by atoms with van der Waals surface area (Å²) in [5.41, 5.74) is 1.89. The monoisotopic (exact) mass is 464 g/mol. The van der Waals surface area contributed by atoms with Crippen molar-refractivity contribution in [1.82, 2.24) is 4.90 Å². The number of rotatable bonds is 6. The first-order valence-electron chi connectivity index (χ1n) is 10.8. The molecule has 0 aliphatic carbocycles. The van der Waals surface area contributed by atoms with E-state index in [1.54, 1.807) is 36.3 Å². The molecule has 2 aromatic carbocycles. The van der Waals surface area contributed by atoms with Gasteiger partial charge in [0.25, 0.3) is 5.91 Å². The molecule has 0 radical (unpaired) electrons. The van der Waals surface area contributed by atoms with Crippen LogP contribution in [0.15, 0.2) is 60.0 Å². The second-order valence-corrected chi connectivity index (χ2v) is 8.84. The molecule has 2 aliphatic rings. The lowest BCUT2D eigenvalue weighted by Gasteiger charge is -2.41. The summed E-state index contributed by atoms with van der Waals surface area (Å²) >= 11 is 1.54. The van der Waals surface area contributed by atoms with Crippen LogP contribution in [-0.4, -0.2) is 50.2 Å². The van der Waals surface area contributed by atoms with Crippen LogP contribution in [0, 0.1) is 0 Å². The molecule has 0 bridgehead atoms. The smallest absolute Gasteiger partial charge is 0.254 e. The minimum atomic E-state index is -0.581. The Labute approximate surface area is 195 Å². The highest BCUT2D eigenvalue weighted by Crippen LogP contribution is 2.44. The second-order valence-electron chi connectivity index (χ2n) is 7.86. The summed E-state index contributed by atoms with van der Waals surface area (Å²) in [5.74, 6) is 0.407. The van der Waals surface area contributed by atoms with Crippen LogP contribution >= 0.6 is 11.3 Å². The highest BCUT2D eigenvalue weighted by atomic mass is 32.1. The van der Waals surface area contributed by atoms with E-state index in [-0.39, 0.29) is 11.8 Å². The Morgan fingerprint density at radius 2 is 1.94 bits per heavy atom. The number of nitrogens with one attached hydrogen (secondary N) is 1. The molecule has 1 N–H and O–H groups in total. The van der Waals surface area contributed by atoms with Gasteiger partial charge in [-0.25, -0.2) is 0 Å². The number of fused-ring (bicyclic) bond motifs is 2. The van der Waals surface area contributed by atoms with Gasteiger partial charge < -0.3 is 24.4 Å². The van der Waals surface area contributed by atoms with Crippen molar-refractivity contribution in [3.05, 3.63) is 76.0 Å². The number of thiophene rings is 1. The van der Waals surface area contributed by atoms with Gasteiger partial charge in [0.1, 0.15) is 13.2 Å². The summed E-state index contributed by atoms with van der Waals surface area (Å²) in [5, 5.41) is 5.01. The third-order valence-electron chi connectivity index (χ3n) is 5.90. The molecule has 2 aliphatic heterocycles. The fourth-order valence-electron chi connectivity index (χ4n) is 4.43. The van der Waals surface area contributed by atoms with Crippen molar-refractivity contribution in [1.29, 1.82) is 0 Å². The van der Waals surface area contributed by atoms with E-state index in [2.05, 4.69) is 5.32 Å². The molecule has 3 heterocycles. The lowest BCUT2D eigenvalue weighted by Crippen LogP contribution is -2.47. The third kappa shape index (κ3) is 4.07. The highest BCUT2D eigenvalue weighted by molar-refractivity contribution is 7.10. The van der Waals surface area contributed by atoms with Gasteiger partial charge in [0.05, 0.1) is 18.6 Å². The maximum absolute atomic E-state index is 13.8. The molecule has 0 fully saturated rings. The predicted octanol–water partition coefficient (Wildman–Crippen LogP) is 4.09. The lowest BCUT2D eigenvalue weighted by molar-refractivity contribution is -0.119. The Morgan fingerprint density at radius 1 is 1.12 bits per heavy atom. The average Bonchev–Trinajstić information content (AvgIpc) is 3.38. The van der Waals surface area contributed by atoms with E-state index in [1.807, 2.05) is 35.7 Å². The number of anilines is 1. The topological polar surface area (TPSA) is 77.1 Å². The van der Waals surface area contributed by atoms with Gasteiger partial charge >= 0.3 is 0 Å². The van der Waals surface area contributed by atoms with Crippen LogP contribution in [-0.2, 0) is 9.53 Å². The number of hydrogen-bond donors (Lipinski definition) is 1. The van der Waals surface area contributed by atoms with Gasteiger partial charge in [-0.1, -0.05) is 24.3 Å². The molecule has 0 unspecified atom stereocenters. The second kappa shape index (κ2) is 9.25. The van der Waals surface area contributed by atoms with Crippen LogP contribution < -0.4 is 14.8 Å². The summed E-state index contributed by atoms with van der Waals surface area (Å²) in [7, 11) is 1.61. The molecular weight excluding hydrogens is 440 g/mol. The predicted molar refractivity (Wildman–Crippen MR) is 125 cm³/mol. The average molecular weight is 465 g/mol. The summed E-state index contributed by atoms with van der Waals surface area (Å²) in [4.78, 5) is 29.9. The number of ether oxygens (including phenoxy) is 3. The van der Waals surface area contributed by atoms with E-state index in [0.29, 0.717) is 49.1 Å². The molecule has 170 valence electrons. The zero-order chi connectivity index (χ0) is 22.8. The van der Waals surface area contributed by atoms with E-state index in [0.717, 1.165) is 10.4 Å². The molecule has 2 amide bonds. The van der Waals surface area contributed by atoms with Gasteiger partial charge in [0.15, 0.2) is 11.5 Å². The maximum atomic E-state index is 13.8. The van der Waals surface area contributed by atoms with Crippen LogP contribution in [0.2, 0.25) is 0 Å². The van der Waals surface area contributed by atoms with Crippen LogP contribution in [0.4, 0.5) is 5.69 Å². The minimum absolute atomic E-state index is 0.0931. The molecule has 5 rings (SSSR count). The Kier molecular flexibility index (Phi) is 6.02. The normalized spacial score (nSPS) is 19.2. The highest BCUT2D eigenvalue weighted by Gasteiger charge is 2.44. The molecular formula is C25H24N2O5S. The summed E-state index contributed by atoms with van der Waals surface area (Å²) in [6, 6.07) is 16.2. The summed E-state index contributed by atoms with van der Waals surface area (Å²) in [6.45, 7) is 1.75. The molecule has 1 aromatic heterocycles. The number of benzene rings is 2. The minimum Gasteiger partial charge on any atom is -0.486 e. The van der Waals surface area contributed by atoms with Crippen LogP contribution in [0.1, 0.15) is 32.8 Å². The van der Waals surface area contributed by atoms with Crippen LogP contribution in [0.3, 0.4) is 0 Å². The standard InChI is InChI=1S/C25H24N2O5S/c1-30-11-10-27-23(21-7-4-14-33-21)22(17-5-2-3-6-18(17)25(27)29)24(28)26-16-8-9-19-20(15-16)32-13-12-31-19/h2-9,14-15,22-23H,10-13H2,1H3,(H,26,28)/t22-,23+/m1/s1. The number of carbonyl (C=O) groups is 2. The van der Waals surface area contributed by atoms with Gasteiger partial charge in [0, 0.05) is 35.8 Å². The van der Waals surface area contributed by atoms with E-state index < -0.39 is 12.0 Å². The van der Waals surface area contributed by atoms with Crippen molar-refractivity contribution in [2.24, 2.45) is 0 Å². The van der Waals surface area contributed by atoms with Crippen molar-refractivity contribution in [2.75, 3.05) is 38.8 Å². The summed E-state index contributed by atoms with van der Waals surface area (Å²) in [6.07, 6.45) is 0. The molecule has 2 atom stereocenters. The zero-order valence-electron chi connectivity index (χ0n) is 18.2. The quantitative estimate of drug-likeness (QED) is 0.595.